The molecule has 0 radical (unpaired) electrons. The van der Waals surface area contributed by atoms with Gasteiger partial charge in [0.2, 0.25) is 35.4 Å². The number of fused-ring (bicyclic) bond motifs is 2. The van der Waals surface area contributed by atoms with E-state index >= 15 is 0 Å². The molecule has 500 valence electrons. The van der Waals surface area contributed by atoms with Crippen molar-refractivity contribution in [3.63, 3.8) is 0 Å². The van der Waals surface area contributed by atoms with Crippen LogP contribution in [-0.4, -0.2) is 238 Å². The first kappa shape index (κ1) is 73.5. The molecular weight excluding hydrogens is 1270 g/mol. The molecule has 3 aromatic carbocycles. The topological polar surface area (TPSA) is 406 Å². The van der Waals surface area contributed by atoms with E-state index in [1.165, 1.54) is 68.6 Å². The number of nitrogens with zero attached hydrogens (tertiary/aromatic N) is 6. The van der Waals surface area contributed by atoms with E-state index in [1.54, 1.807) is 12.1 Å². The van der Waals surface area contributed by atoms with Crippen molar-refractivity contribution in [1.82, 2.24) is 51.5 Å². The lowest BCUT2D eigenvalue weighted by Gasteiger charge is -2.41. The van der Waals surface area contributed by atoms with Gasteiger partial charge in [0.05, 0.1) is 36.6 Å². The lowest BCUT2D eigenvalue weighted by molar-refractivity contribution is -0.147. The zero-order chi connectivity index (χ0) is 63.1. The number of carbonyl (C=O) groups excluding carboxylic acids is 7. The minimum absolute atomic E-state index is 0. The van der Waals surface area contributed by atoms with Crippen LogP contribution in [0, 0.1) is 5.92 Å². The van der Waals surface area contributed by atoms with E-state index in [0.717, 1.165) is 66.3 Å². The molecule has 1 aliphatic carbocycles. The van der Waals surface area contributed by atoms with Gasteiger partial charge in [0.15, 0.2) is 11.5 Å². The highest BCUT2D eigenvalue weighted by molar-refractivity contribution is 7.17. The minimum atomic E-state index is -2.06. The normalized spacial score (nSPS) is 27.0. The third kappa shape index (κ3) is 17.6. The fourth-order valence-corrected chi connectivity index (χ4v) is 13.2. The minimum Gasteiger partial charge on any atom is -0.504 e. The van der Waals surface area contributed by atoms with E-state index in [-0.39, 0.29) is 67.9 Å². The van der Waals surface area contributed by atoms with E-state index in [9.17, 15) is 74.4 Å². The molecular formula is C60H83Cl3N12O15S. The summed E-state index contributed by atoms with van der Waals surface area (Å²) in [5, 5.41) is 111. The lowest BCUT2D eigenvalue weighted by atomic mass is 9.94. The van der Waals surface area contributed by atoms with Crippen LogP contribution in [0.4, 0.5) is 5.69 Å². The Morgan fingerprint density at radius 2 is 1.30 bits per heavy atom. The van der Waals surface area contributed by atoms with Crippen molar-refractivity contribution in [2.45, 2.75) is 151 Å². The largest absolute Gasteiger partial charge is 0.504 e. The molecule has 1 saturated carbocycles. The number of rotatable bonds is 13. The fourth-order valence-electron chi connectivity index (χ4n) is 12.4. The molecule has 5 aliphatic rings. The van der Waals surface area contributed by atoms with E-state index in [0.29, 0.717) is 21.6 Å². The molecule has 9 rings (SSSR count). The summed E-state index contributed by atoms with van der Waals surface area (Å²) in [5.74, 6) is -9.47. The van der Waals surface area contributed by atoms with Crippen LogP contribution in [0.25, 0.3) is 21.1 Å². The molecule has 91 heavy (non-hydrogen) atoms. The van der Waals surface area contributed by atoms with Crippen LogP contribution in [0.15, 0.2) is 66.7 Å². The van der Waals surface area contributed by atoms with Crippen LogP contribution >= 0.6 is 48.6 Å². The first-order valence-electron chi connectivity index (χ1n) is 30.0. The standard InChI is InChI=1S/C60H80N12O15S.3ClH/c1-31-29-72-50(51(31)80)56(85)62-28-39(74)26-41(63-52(81)34-9-11-35(12-10-34)57-67-68-58(88-57)36-13-15-38(16-14-36)70-22-20-69(21-23-70)37-6-4-3-5-7-37)53(82)64-47(32(2)73)59(86)71-30-40(75)27-42(71)54(83)65-48(46(79)25-33-8-17-43(76)45(78)24-33)55(84)66-49(60(72)87)44(77)18-19-61;;;/h8-17,24,31-32,37,39-42,44,46-51,73-80H,3-7,18-23,25-30,61H2,1-2H3,(H,62,85)(H,63,81)(H,64,82)(H,65,83)(H,66,84);3*1H/t31-,32+,39+,40+,41+,42+,44-,46-,47+,48+,49+,50+,51+;;;/m1.../s1. The summed E-state index contributed by atoms with van der Waals surface area (Å²) in [5.41, 5.74) is 8.62. The molecule has 0 spiro atoms. The molecule has 27 nitrogen and oxygen atoms in total. The van der Waals surface area contributed by atoms with Gasteiger partial charge in [-0.3, -0.25) is 38.5 Å². The summed E-state index contributed by atoms with van der Waals surface area (Å²) in [6, 6.07) is 7.69. The Balaban J connectivity index is 0.00000439. The lowest BCUT2D eigenvalue weighted by Crippen LogP contribution is -2.64. The number of nitrogens with two attached hydrogens (primary N) is 1. The fraction of sp³-hybridized carbons (Fsp3) is 0.550. The number of hydrogen-bond acceptors (Lipinski definition) is 21. The summed E-state index contributed by atoms with van der Waals surface area (Å²) < 4.78 is 0. The number of aromatic nitrogens is 2. The van der Waals surface area contributed by atoms with Crippen LogP contribution in [0.3, 0.4) is 0 Å². The number of nitrogens with one attached hydrogen (secondary N) is 5. The summed E-state index contributed by atoms with van der Waals surface area (Å²) in [4.78, 5) is 108. The predicted octanol–water partition coefficient (Wildman–Crippen LogP) is -0.699. The van der Waals surface area contributed by atoms with Gasteiger partial charge in [-0.05, 0) is 86.8 Å². The second-order valence-corrected chi connectivity index (χ2v) is 24.7. The van der Waals surface area contributed by atoms with Crippen molar-refractivity contribution in [3.05, 3.63) is 77.9 Å². The molecule has 4 aromatic rings. The van der Waals surface area contributed by atoms with Crippen molar-refractivity contribution in [1.29, 1.82) is 0 Å². The van der Waals surface area contributed by atoms with Gasteiger partial charge in [0, 0.05) is 99.4 Å². The highest BCUT2D eigenvalue weighted by Gasteiger charge is 2.50. The number of aromatic hydroxyl groups is 2. The number of amides is 7. The van der Waals surface area contributed by atoms with Crippen molar-refractivity contribution in [2.24, 2.45) is 11.7 Å². The first-order valence-corrected chi connectivity index (χ1v) is 30.8. The molecule has 1 aromatic heterocycles. The summed E-state index contributed by atoms with van der Waals surface area (Å²) in [7, 11) is 0. The Hall–Kier alpha value is -6.54. The third-order valence-corrected chi connectivity index (χ3v) is 18.4. The van der Waals surface area contributed by atoms with Crippen LogP contribution in [0.5, 0.6) is 11.5 Å². The van der Waals surface area contributed by atoms with Crippen molar-refractivity contribution >= 4 is 95.6 Å². The number of hydrogen-bond donors (Lipinski definition) is 14. The maximum atomic E-state index is 14.6. The first-order chi connectivity index (χ1) is 42.1. The molecule has 4 aliphatic heterocycles. The molecule has 7 amide bonds. The van der Waals surface area contributed by atoms with Crippen molar-refractivity contribution < 1.29 is 74.4 Å². The van der Waals surface area contributed by atoms with E-state index in [4.69, 9.17) is 5.73 Å². The highest BCUT2D eigenvalue weighted by Crippen LogP contribution is 2.33. The smallest absolute Gasteiger partial charge is 0.251 e. The second kappa shape index (κ2) is 32.8. The van der Waals surface area contributed by atoms with Gasteiger partial charge in [-0.25, -0.2) is 0 Å². The summed E-state index contributed by atoms with van der Waals surface area (Å²) >= 11 is 1.35. The second-order valence-electron chi connectivity index (χ2n) is 23.8. The third-order valence-electron chi connectivity index (χ3n) is 17.4. The zero-order valence-electron chi connectivity index (χ0n) is 50.3. The number of β-amino-alcohol motifs (C(OH)–C–C–N with tert-alkyl or cyclic N) is 1. The maximum Gasteiger partial charge on any atom is 0.251 e. The van der Waals surface area contributed by atoms with Gasteiger partial charge in [-0.15, -0.1) is 47.4 Å². The van der Waals surface area contributed by atoms with E-state index in [1.807, 2.05) is 12.1 Å². The molecule has 15 N–H and O–H groups in total. The van der Waals surface area contributed by atoms with Gasteiger partial charge in [-0.2, -0.15) is 0 Å². The van der Waals surface area contributed by atoms with Crippen LogP contribution < -0.4 is 37.2 Å². The van der Waals surface area contributed by atoms with Crippen LogP contribution in [-0.2, 0) is 35.2 Å². The maximum absolute atomic E-state index is 14.6. The molecule has 5 fully saturated rings. The Labute approximate surface area is 548 Å². The van der Waals surface area contributed by atoms with Crippen molar-refractivity contribution in [3.8, 4) is 32.6 Å². The van der Waals surface area contributed by atoms with Gasteiger partial charge in [0.1, 0.15) is 46.3 Å². The number of halogens is 3. The Bertz CT molecular complexity index is 3140. The molecule has 4 saturated heterocycles. The summed E-state index contributed by atoms with van der Waals surface area (Å²) in [6.45, 7) is 4.99. The quantitative estimate of drug-likeness (QED) is 0.0736. The molecule has 13 atom stereocenters. The van der Waals surface area contributed by atoms with Gasteiger partial charge in [0.25, 0.3) is 5.91 Å². The Morgan fingerprint density at radius 1 is 0.692 bits per heavy atom. The number of aliphatic hydroxyl groups is 6. The number of piperazine rings is 1. The molecule has 5 heterocycles. The number of anilines is 1. The number of benzene rings is 3. The predicted molar refractivity (Wildman–Crippen MR) is 342 cm³/mol. The van der Waals surface area contributed by atoms with Gasteiger partial charge in [-0.1, -0.05) is 55.7 Å². The monoisotopic (exact) mass is 1350 g/mol. The van der Waals surface area contributed by atoms with E-state index < -0.39 is 164 Å². The van der Waals surface area contributed by atoms with Crippen LogP contribution in [0.2, 0.25) is 0 Å². The molecule has 0 bridgehead atoms. The number of phenols is 2. The Kier molecular flexibility index (Phi) is 26.5. The number of aliphatic hydroxyl groups excluding tert-OH is 6. The zero-order valence-corrected chi connectivity index (χ0v) is 53.5. The van der Waals surface area contributed by atoms with E-state index in [2.05, 4.69) is 58.7 Å². The summed E-state index contributed by atoms with van der Waals surface area (Å²) in [6.07, 6.45) is -5.42. The highest BCUT2D eigenvalue weighted by atomic mass is 35.5. The van der Waals surface area contributed by atoms with Crippen LogP contribution in [0.1, 0.15) is 81.1 Å². The molecule has 0 unspecified atom stereocenters. The SMILES string of the molecule is C[C@H](O)[C@@H]1NC(=O)[C@@H](NC(=O)c2ccc(-c3nnc(-c4ccc(N5CCN(C6CCCCC6)CC5)cc4)s3)cc2)C[C@H](O)CNC(=O)[C@@H]2[C@@H](O)[C@H](C)CN2C(=O)[C@H]([C@H](O)CCN)NC(=O)[C@H]([C@H](O)Cc2ccc(O)c(O)c2)NC(=O)[C@@H]2C[C@H](O)CN2C1=O.Cl.Cl.Cl. The number of carbonyl (C=O) groups is 7. The van der Waals surface area contributed by atoms with Gasteiger partial charge < -0.3 is 87.9 Å². The molecule has 31 heteroatoms. The average Bonchev–Trinajstić information content (AvgIpc) is 2.32. The average molecular weight is 1350 g/mol. The van der Waals surface area contributed by atoms with Crippen molar-refractivity contribution in [2.75, 3.05) is 57.3 Å². The number of phenolic OH excluding ortho intramolecular Hbond substituents is 2. The Morgan fingerprint density at radius 3 is 1.91 bits per heavy atom. The van der Waals surface area contributed by atoms with Gasteiger partial charge >= 0.3 is 0 Å².